The number of aliphatic carboxylic acids is 1. The Morgan fingerprint density at radius 1 is 1.06 bits per heavy atom. The topological polar surface area (TPSA) is 101 Å². The van der Waals surface area contributed by atoms with Crippen molar-refractivity contribution < 1.29 is 24.2 Å². The predicted octanol–water partition coefficient (Wildman–Crippen LogP) is 4.20. The van der Waals surface area contributed by atoms with Crippen LogP contribution >= 0.6 is 11.6 Å². The minimum atomic E-state index is -1.04. The van der Waals surface area contributed by atoms with Gasteiger partial charge in [0, 0.05) is 29.9 Å². The van der Waals surface area contributed by atoms with Crippen LogP contribution in [0, 0.1) is 0 Å². The summed E-state index contributed by atoms with van der Waals surface area (Å²) >= 11 is 6.59. The van der Waals surface area contributed by atoms with Crippen molar-refractivity contribution in [3.05, 3.63) is 64.8 Å². The summed E-state index contributed by atoms with van der Waals surface area (Å²) < 4.78 is 11.3. The van der Waals surface area contributed by atoms with E-state index in [9.17, 15) is 9.59 Å². The van der Waals surface area contributed by atoms with E-state index in [1.54, 1.807) is 6.07 Å². The highest BCUT2D eigenvalue weighted by Gasteiger charge is 2.35. The van der Waals surface area contributed by atoms with Crippen molar-refractivity contribution in [3.63, 3.8) is 0 Å². The van der Waals surface area contributed by atoms with Crippen LogP contribution in [0.4, 0.5) is 0 Å². The van der Waals surface area contributed by atoms with E-state index in [1.807, 2.05) is 42.5 Å². The monoisotopic (exact) mass is 465 g/mol. The van der Waals surface area contributed by atoms with Crippen LogP contribution in [0.2, 0.25) is 5.15 Å². The summed E-state index contributed by atoms with van der Waals surface area (Å²) in [6, 6.07) is 14.6. The molecule has 0 aliphatic carbocycles. The lowest BCUT2D eigenvalue weighted by atomic mass is 9.98. The third-order valence-corrected chi connectivity index (χ3v) is 5.95. The number of nitrogens with zero attached hydrogens (tertiary/aromatic N) is 3. The van der Waals surface area contributed by atoms with E-state index >= 15 is 0 Å². The van der Waals surface area contributed by atoms with E-state index < -0.39 is 12.0 Å². The Hall–Kier alpha value is -3.65. The molecule has 3 aromatic rings. The number of halogens is 1. The predicted molar refractivity (Wildman–Crippen MR) is 122 cm³/mol. The van der Waals surface area contributed by atoms with Crippen molar-refractivity contribution in [3.8, 4) is 11.5 Å². The molecule has 9 heteroatoms. The van der Waals surface area contributed by atoms with Crippen molar-refractivity contribution >= 4 is 40.1 Å². The van der Waals surface area contributed by atoms with Crippen LogP contribution < -0.4 is 9.47 Å². The normalized spacial score (nSPS) is 17.2. The Morgan fingerprint density at radius 3 is 2.52 bits per heavy atom. The van der Waals surface area contributed by atoms with Crippen molar-refractivity contribution in [1.82, 2.24) is 9.99 Å². The number of carboxylic acid groups (broad SMARTS) is 1. The molecule has 168 valence electrons. The number of hydrazone groups is 1. The maximum Gasteiger partial charge on any atom is 0.303 e. The minimum Gasteiger partial charge on any atom is -0.486 e. The highest BCUT2D eigenvalue weighted by Crippen LogP contribution is 2.40. The van der Waals surface area contributed by atoms with Crippen LogP contribution in [0.3, 0.4) is 0 Å². The second-order valence-electron chi connectivity index (χ2n) is 7.82. The molecule has 1 amide bonds. The van der Waals surface area contributed by atoms with E-state index in [1.165, 1.54) is 5.01 Å². The second kappa shape index (κ2) is 8.71. The first-order valence-corrected chi connectivity index (χ1v) is 10.9. The number of rotatable bonds is 5. The number of carbonyl (C=O) groups excluding carboxylic acids is 1. The molecule has 1 atom stereocenters. The van der Waals surface area contributed by atoms with Gasteiger partial charge in [0.25, 0.3) is 0 Å². The van der Waals surface area contributed by atoms with Crippen LogP contribution in [0.5, 0.6) is 11.5 Å². The molecule has 33 heavy (non-hydrogen) atoms. The van der Waals surface area contributed by atoms with Crippen LogP contribution in [0.1, 0.15) is 36.4 Å². The number of carbonyl (C=O) groups is 2. The molecular weight excluding hydrogens is 446 g/mol. The van der Waals surface area contributed by atoms with Crippen LogP contribution in [-0.4, -0.2) is 45.9 Å². The van der Waals surface area contributed by atoms with Gasteiger partial charge < -0.3 is 14.6 Å². The van der Waals surface area contributed by atoms with Crippen molar-refractivity contribution in [2.24, 2.45) is 5.10 Å². The molecule has 0 saturated heterocycles. The Morgan fingerprint density at radius 2 is 1.79 bits per heavy atom. The van der Waals surface area contributed by atoms with Crippen LogP contribution in [0.25, 0.3) is 10.9 Å². The van der Waals surface area contributed by atoms with Gasteiger partial charge in [-0.2, -0.15) is 5.10 Å². The number of pyridine rings is 1. The molecule has 0 radical (unpaired) electrons. The van der Waals surface area contributed by atoms with Gasteiger partial charge >= 0.3 is 5.97 Å². The number of carboxylic acids is 1. The van der Waals surface area contributed by atoms with E-state index in [4.69, 9.17) is 26.2 Å². The van der Waals surface area contributed by atoms with Gasteiger partial charge in [0.15, 0.2) is 11.5 Å². The standard InChI is InChI=1S/C24H20ClN3O5/c25-24-16(10-15-11-20-21(13-17(15)26-24)33-9-8-32-20)19-12-18(14-4-2-1-3-5-14)27-28(19)22(29)6-7-23(30)31/h1-5,10-11,13,19H,6-9,12H2,(H,30,31)/t19-/m1/s1. The Kier molecular flexibility index (Phi) is 5.60. The highest BCUT2D eigenvalue weighted by atomic mass is 35.5. The average Bonchev–Trinajstić information content (AvgIpc) is 3.27. The Labute approximate surface area is 194 Å². The third-order valence-electron chi connectivity index (χ3n) is 5.64. The number of ether oxygens (including phenoxy) is 2. The third kappa shape index (κ3) is 4.21. The van der Waals surface area contributed by atoms with E-state index in [0.717, 1.165) is 16.7 Å². The van der Waals surface area contributed by atoms with Gasteiger partial charge in [-0.25, -0.2) is 9.99 Å². The van der Waals surface area contributed by atoms with Gasteiger partial charge in [-0.1, -0.05) is 41.9 Å². The van der Waals surface area contributed by atoms with Gasteiger partial charge in [0.2, 0.25) is 5.91 Å². The van der Waals surface area contributed by atoms with Gasteiger partial charge in [-0.15, -0.1) is 0 Å². The molecule has 3 heterocycles. The molecule has 5 rings (SSSR count). The van der Waals surface area contributed by atoms with Gasteiger partial charge in [-0.3, -0.25) is 9.59 Å². The molecule has 0 fully saturated rings. The molecule has 1 aromatic heterocycles. The summed E-state index contributed by atoms with van der Waals surface area (Å²) in [4.78, 5) is 28.5. The lowest BCUT2D eigenvalue weighted by Crippen LogP contribution is -2.27. The zero-order valence-corrected chi connectivity index (χ0v) is 18.3. The molecule has 2 aliphatic heterocycles. The number of benzene rings is 2. The molecule has 0 unspecified atom stereocenters. The summed E-state index contributed by atoms with van der Waals surface area (Å²) in [6.07, 6.45) is 0.000421. The minimum absolute atomic E-state index is 0.158. The van der Waals surface area contributed by atoms with E-state index in [2.05, 4.69) is 10.1 Å². The molecule has 1 N–H and O–H groups in total. The lowest BCUT2D eigenvalue weighted by Gasteiger charge is -2.23. The Bertz CT molecular complexity index is 1280. The fourth-order valence-corrected chi connectivity index (χ4v) is 4.32. The first-order valence-electron chi connectivity index (χ1n) is 10.6. The van der Waals surface area contributed by atoms with E-state index in [-0.39, 0.29) is 23.9 Å². The van der Waals surface area contributed by atoms with E-state index in [0.29, 0.717) is 42.2 Å². The second-order valence-corrected chi connectivity index (χ2v) is 8.18. The molecule has 0 bridgehead atoms. The number of fused-ring (bicyclic) bond motifs is 2. The first kappa shape index (κ1) is 21.2. The smallest absolute Gasteiger partial charge is 0.303 e. The fraction of sp³-hybridized carbons (Fsp3) is 0.250. The number of amides is 1. The number of aromatic nitrogens is 1. The average molecular weight is 466 g/mol. The number of hydrogen-bond donors (Lipinski definition) is 1. The molecule has 2 aliphatic rings. The Balaban J connectivity index is 1.54. The highest BCUT2D eigenvalue weighted by molar-refractivity contribution is 6.30. The van der Waals surface area contributed by atoms with Gasteiger partial charge in [-0.05, 0) is 17.7 Å². The summed E-state index contributed by atoms with van der Waals surface area (Å²) in [6.45, 7) is 0.939. The maximum absolute atomic E-state index is 12.9. The first-order chi connectivity index (χ1) is 16.0. The summed E-state index contributed by atoms with van der Waals surface area (Å²) in [5.41, 5.74) is 2.90. The fourth-order valence-electron chi connectivity index (χ4n) is 4.05. The zero-order valence-electron chi connectivity index (χ0n) is 17.5. The molecular formula is C24H20ClN3O5. The zero-order chi connectivity index (χ0) is 22.9. The quantitative estimate of drug-likeness (QED) is 0.566. The maximum atomic E-state index is 12.9. The van der Waals surface area contributed by atoms with Crippen molar-refractivity contribution in [2.75, 3.05) is 13.2 Å². The van der Waals surface area contributed by atoms with Gasteiger partial charge in [0.1, 0.15) is 18.4 Å². The lowest BCUT2D eigenvalue weighted by molar-refractivity contribution is -0.141. The summed E-state index contributed by atoms with van der Waals surface area (Å²) in [5, 5.41) is 16.0. The summed E-state index contributed by atoms with van der Waals surface area (Å²) in [7, 11) is 0. The summed E-state index contributed by atoms with van der Waals surface area (Å²) in [5.74, 6) is -0.174. The van der Waals surface area contributed by atoms with Crippen LogP contribution in [-0.2, 0) is 9.59 Å². The van der Waals surface area contributed by atoms with Crippen molar-refractivity contribution in [1.29, 1.82) is 0 Å². The molecule has 0 spiro atoms. The SMILES string of the molecule is O=C(O)CCC(=O)N1N=C(c2ccccc2)C[C@@H]1c1cc2cc3c(cc2nc1Cl)OCCO3. The van der Waals surface area contributed by atoms with Gasteiger partial charge in [0.05, 0.1) is 23.7 Å². The molecule has 0 saturated carbocycles. The largest absolute Gasteiger partial charge is 0.486 e. The molecule has 8 nitrogen and oxygen atoms in total. The number of hydrogen-bond acceptors (Lipinski definition) is 6. The van der Waals surface area contributed by atoms with Crippen molar-refractivity contribution in [2.45, 2.75) is 25.3 Å². The molecule has 2 aromatic carbocycles. The van der Waals surface area contributed by atoms with Crippen LogP contribution in [0.15, 0.2) is 53.6 Å².